The van der Waals surface area contributed by atoms with Crippen molar-refractivity contribution in [2.24, 2.45) is 0 Å². The van der Waals surface area contributed by atoms with Gasteiger partial charge in [0.15, 0.2) is 5.65 Å². The number of aromatic nitrogens is 3. The Hall–Kier alpha value is -1.91. The van der Waals surface area contributed by atoms with Crippen LogP contribution in [0, 0.1) is 0 Å². The molecule has 0 spiro atoms. The summed E-state index contributed by atoms with van der Waals surface area (Å²) in [6.45, 7) is 1.53. The van der Waals surface area contributed by atoms with Gasteiger partial charge in [0.05, 0.1) is 6.54 Å². The standard InChI is InChI=1S/C17H16ClN3O/c18-13-7-5-12(6-8-13)11-21-16-14(3-1-9-19-16)20-17(21)15-4-2-10-22-15/h1,3,5-9,15H,2,4,10-11H2. The van der Waals surface area contributed by atoms with Crippen molar-refractivity contribution in [3.05, 3.63) is 59.0 Å². The number of benzene rings is 1. The fourth-order valence-corrected chi connectivity index (χ4v) is 3.06. The van der Waals surface area contributed by atoms with Crippen LogP contribution in [0.25, 0.3) is 11.2 Å². The van der Waals surface area contributed by atoms with Crippen LogP contribution in [0.2, 0.25) is 5.02 Å². The molecule has 22 heavy (non-hydrogen) atoms. The van der Waals surface area contributed by atoms with Gasteiger partial charge in [0.1, 0.15) is 17.4 Å². The highest BCUT2D eigenvalue weighted by Crippen LogP contribution is 2.30. The predicted molar refractivity (Wildman–Crippen MR) is 86.0 cm³/mol. The van der Waals surface area contributed by atoms with Crippen LogP contribution in [0.1, 0.15) is 30.3 Å². The van der Waals surface area contributed by atoms with E-state index in [4.69, 9.17) is 21.3 Å². The second kappa shape index (κ2) is 5.71. The lowest BCUT2D eigenvalue weighted by molar-refractivity contribution is 0.103. The van der Waals surface area contributed by atoms with Crippen molar-refractivity contribution in [2.75, 3.05) is 6.61 Å². The van der Waals surface area contributed by atoms with Gasteiger partial charge in [-0.25, -0.2) is 9.97 Å². The van der Waals surface area contributed by atoms with Crippen molar-refractivity contribution in [2.45, 2.75) is 25.5 Å². The Morgan fingerprint density at radius 2 is 2.09 bits per heavy atom. The van der Waals surface area contributed by atoms with E-state index < -0.39 is 0 Å². The second-order valence-electron chi connectivity index (χ2n) is 5.53. The van der Waals surface area contributed by atoms with Gasteiger partial charge in [0, 0.05) is 17.8 Å². The van der Waals surface area contributed by atoms with E-state index in [2.05, 4.69) is 9.55 Å². The van der Waals surface area contributed by atoms with Gasteiger partial charge in [-0.3, -0.25) is 0 Å². The number of ether oxygens (including phenoxy) is 1. The first-order chi connectivity index (χ1) is 10.8. The van der Waals surface area contributed by atoms with Gasteiger partial charge in [0.2, 0.25) is 0 Å². The maximum absolute atomic E-state index is 5.97. The van der Waals surface area contributed by atoms with Gasteiger partial charge >= 0.3 is 0 Å². The highest BCUT2D eigenvalue weighted by molar-refractivity contribution is 6.30. The van der Waals surface area contributed by atoms with Crippen LogP contribution in [0.5, 0.6) is 0 Å². The van der Waals surface area contributed by atoms with Crippen molar-refractivity contribution in [3.63, 3.8) is 0 Å². The zero-order valence-corrected chi connectivity index (χ0v) is 12.8. The molecule has 3 heterocycles. The zero-order valence-electron chi connectivity index (χ0n) is 12.1. The van der Waals surface area contributed by atoms with E-state index in [1.54, 1.807) is 0 Å². The molecule has 0 N–H and O–H groups in total. The zero-order chi connectivity index (χ0) is 14.9. The molecule has 1 aliphatic rings. The first kappa shape index (κ1) is 13.7. The Morgan fingerprint density at radius 3 is 2.86 bits per heavy atom. The summed E-state index contributed by atoms with van der Waals surface area (Å²) in [6, 6.07) is 11.8. The van der Waals surface area contributed by atoms with Crippen LogP contribution in [0.4, 0.5) is 0 Å². The number of hydrogen-bond acceptors (Lipinski definition) is 3. The predicted octanol–water partition coefficient (Wildman–Crippen LogP) is 3.98. The molecule has 0 radical (unpaired) electrons. The molecule has 4 rings (SSSR count). The highest BCUT2D eigenvalue weighted by Gasteiger charge is 2.24. The monoisotopic (exact) mass is 313 g/mol. The molecular weight excluding hydrogens is 298 g/mol. The molecule has 2 aromatic heterocycles. The average molecular weight is 314 g/mol. The van der Waals surface area contributed by atoms with Gasteiger partial charge in [-0.15, -0.1) is 0 Å². The van der Waals surface area contributed by atoms with E-state index in [-0.39, 0.29) is 6.10 Å². The van der Waals surface area contributed by atoms with Crippen molar-refractivity contribution in [1.82, 2.24) is 14.5 Å². The molecule has 0 bridgehead atoms. The minimum absolute atomic E-state index is 0.0708. The fourth-order valence-electron chi connectivity index (χ4n) is 2.93. The first-order valence-electron chi connectivity index (χ1n) is 7.48. The number of nitrogens with zero attached hydrogens (tertiary/aromatic N) is 3. The largest absolute Gasteiger partial charge is 0.370 e. The lowest BCUT2D eigenvalue weighted by Gasteiger charge is -2.13. The van der Waals surface area contributed by atoms with Gasteiger partial charge in [-0.05, 0) is 42.7 Å². The molecule has 1 saturated heterocycles. The van der Waals surface area contributed by atoms with Gasteiger partial charge in [-0.1, -0.05) is 23.7 Å². The van der Waals surface area contributed by atoms with Crippen LogP contribution in [0.15, 0.2) is 42.6 Å². The summed E-state index contributed by atoms with van der Waals surface area (Å²) in [7, 11) is 0. The number of pyridine rings is 1. The Labute approximate surface area is 133 Å². The van der Waals surface area contributed by atoms with Crippen molar-refractivity contribution >= 4 is 22.8 Å². The molecule has 1 atom stereocenters. The topological polar surface area (TPSA) is 39.9 Å². The number of imidazole rings is 1. The van der Waals surface area contributed by atoms with Crippen molar-refractivity contribution in [1.29, 1.82) is 0 Å². The molecule has 4 nitrogen and oxygen atoms in total. The van der Waals surface area contributed by atoms with Crippen molar-refractivity contribution < 1.29 is 4.74 Å². The maximum Gasteiger partial charge on any atom is 0.160 e. The molecular formula is C17H16ClN3O. The summed E-state index contributed by atoms with van der Waals surface area (Å²) in [6.07, 6.45) is 3.98. The molecule has 1 aromatic carbocycles. The summed E-state index contributed by atoms with van der Waals surface area (Å²) in [5.41, 5.74) is 3.00. The quantitative estimate of drug-likeness (QED) is 0.734. The van der Waals surface area contributed by atoms with Crippen LogP contribution in [-0.2, 0) is 11.3 Å². The molecule has 112 valence electrons. The second-order valence-corrected chi connectivity index (χ2v) is 5.97. The van der Waals surface area contributed by atoms with Crippen LogP contribution >= 0.6 is 11.6 Å². The smallest absolute Gasteiger partial charge is 0.160 e. The van der Waals surface area contributed by atoms with E-state index in [0.717, 1.165) is 48.0 Å². The minimum Gasteiger partial charge on any atom is -0.370 e. The Bertz CT molecular complexity index is 791. The molecule has 5 heteroatoms. The summed E-state index contributed by atoms with van der Waals surface area (Å²) in [5, 5.41) is 0.747. The Kier molecular flexibility index (Phi) is 3.56. The van der Waals surface area contributed by atoms with E-state index in [0.29, 0.717) is 0 Å². The Balaban J connectivity index is 1.79. The normalized spacial score (nSPS) is 18.1. The molecule has 3 aromatic rings. The molecule has 1 unspecified atom stereocenters. The van der Waals surface area contributed by atoms with E-state index in [1.807, 2.05) is 42.6 Å². The van der Waals surface area contributed by atoms with E-state index in [9.17, 15) is 0 Å². The summed E-state index contributed by atoms with van der Waals surface area (Å²) < 4.78 is 8.00. The van der Waals surface area contributed by atoms with E-state index in [1.165, 1.54) is 5.56 Å². The summed E-state index contributed by atoms with van der Waals surface area (Å²) in [5.74, 6) is 0.973. The molecule has 1 aliphatic heterocycles. The summed E-state index contributed by atoms with van der Waals surface area (Å²) >= 11 is 5.97. The third kappa shape index (κ3) is 2.49. The SMILES string of the molecule is Clc1ccc(Cn2c(C3CCCO3)nc3cccnc32)cc1. The van der Waals surface area contributed by atoms with Crippen molar-refractivity contribution in [3.8, 4) is 0 Å². The third-order valence-corrected chi connectivity index (χ3v) is 4.26. The summed E-state index contributed by atoms with van der Waals surface area (Å²) in [4.78, 5) is 9.26. The number of halogens is 1. The number of hydrogen-bond donors (Lipinski definition) is 0. The highest BCUT2D eigenvalue weighted by atomic mass is 35.5. The lowest BCUT2D eigenvalue weighted by Crippen LogP contribution is -2.10. The van der Waals surface area contributed by atoms with Gasteiger partial charge in [0.25, 0.3) is 0 Å². The number of rotatable bonds is 3. The average Bonchev–Trinajstić information content (AvgIpc) is 3.18. The molecule has 0 aliphatic carbocycles. The van der Waals surface area contributed by atoms with Crippen LogP contribution in [0.3, 0.4) is 0 Å². The van der Waals surface area contributed by atoms with Crippen LogP contribution in [-0.4, -0.2) is 21.1 Å². The maximum atomic E-state index is 5.97. The molecule has 0 amide bonds. The Morgan fingerprint density at radius 1 is 1.23 bits per heavy atom. The molecule has 0 saturated carbocycles. The first-order valence-corrected chi connectivity index (χ1v) is 7.86. The molecule has 1 fully saturated rings. The minimum atomic E-state index is 0.0708. The lowest BCUT2D eigenvalue weighted by atomic mass is 10.2. The van der Waals surface area contributed by atoms with Gasteiger partial charge < -0.3 is 9.30 Å². The van der Waals surface area contributed by atoms with Crippen LogP contribution < -0.4 is 0 Å². The van der Waals surface area contributed by atoms with Gasteiger partial charge in [-0.2, -0.15) is 0 Å². The number of fused-ring (bicyclic) bond motifs is 1. The fraction of sp³-hybridized carbons (Fsp3) is 0.294. The third-order valence-electron chi connectivity index (χ3n) is 4.00. The van der Waals surface area contributed by atoms with E-state index >= 15 is 0 Å².